The molecule has 0 spiro atoms. The summed E-state index contributed by atoms with van der Waals surface area (Å²) in [6.07, 6.45) is 3.02. The third-order valence-electron chi connectivity index (χ3n) is 5.13. The van der Waals surface area contributed by atoms with Crippen molar-refractivity contribution in [3.8, 4) is 0 Å². The van der Waals surface area contributed by atoms with Crippen molar-refractivity contribution in [1.82, 2.24) is 15.5 Å². The van der Waals surface area contributed by atoms with Gasteiger partial charge in [-0.2, -0.15) is 0 Å². The van der Waals surface area contributed by atoms with Gasteiger partial charge < -0.3 is 15.5 Å². The van der Waals surface area contributed by atoms with Crippen LogP contribution in [0.15, 0.2) is 30.3 Å². The van der Waals surface area contributed by atoms with Crippen LogP contribution in [0.5, 0.6) is 0 Å². The number of rotatable bonds is 7. The van der Waals surface area contributed by atoms with Gasteiger partial charge in [0.25, 0.3) is 5.91 Å². The molecule has 0 aliphatic carbocycles. The summed E-state index contributed by atoms with van der Waals surface area (Å²) in [5, 5.41) is 6.19. The molecule has 1 heterocycles. The number of halogens is 1. The number of carbonyl (C=O) groups is 2. The predicted octanol–water partition coefficient (Wildman–Crippen LogP) is 2.71. The van der Waals surface area contributed by atoms with Crippen molar-refractivity contribution in [2.24, 2.45) is 11.8 Å². The number of piperidine rings is 1. The first-order chi connectivity index (χ1) is 12.1. The van der Waals surface area contributed by atoms with Crippen molar-refractivity contribution < 1.29 is 9.59 Å². The second-order valence-corrected chi connectivity index (χ2v) is 7.05. The van der Waals surface area contributed by atoms with Crippen LogP contribution in [0.4, 0.5) is 0 Å². The van der Waals surface area contributed by atoms with Crippen molar-refractivity contribution in [3.63, 3.8) is 0 Å². The fraction of sp³-hybridized carbons (Fsp3) is 0.600. The largest absolute Gasteiger partial charge is 0.341 e. The molecule has 26 heavy (non-hydrogen) atoms. The van der Waals surface area contributed by atoms with Crippen molar-refractivity contribution in [3.05, 3.63) is 35.9 Å². The van der Waals surface area contributed by atoms with Gasteiger partial charge in [-0.15, -0.1) is 12.4 Å². The van der Waals surface area contributed by atoms with E-state index in [9.17, 15) is 9.59 Å². The van der Waals surface area contributed by atoms with Gasteiger partial charge in [0.15, 0.2) is 0 Å². The molecule has 3 unspecified atom stereocenters. The van der Waals surface area contributed by atoms with E-state index in [0.717, 1.165) is 38.9 Å². The summed E-state index contributed by atoms with van der Waals surface area (Å²) in [7, 11) is 1.95. The van der Waals surface area contributed by atoms with Crippen LogP contribution in [0.3, 0.4) is 0 Å². The number of hydrogen-bond acceptors (Lipinski definition) is 3. The third-order valence-corrected chi connectivity index (χ3v) is 5.13. The molecule has 1 aliphatic rings. The maximum absolute atomic E-state index is 13.1. The molecule has 1 aromatic carbocycles. The molecule has 0 aromatic heterocycles. The standard InChI is InChI=1S/C20H31N3O2.ClH/c1-4-15(2)18(22-19(24)17-10-6-5-7-11-17)20(25)23-12-8-9-16(14-23)13-21-3;/h5-7,10-11,15-16,18,21H,4,8-9,12-14H2,1-3H3,(H,22,24);1H. The zero-order valence-corrected chi connectivity index (χ0v) is 16.8. The lowest BCUT2D eigenvalue weighted by Crippen LogP contribution is -2.54. The Kier molecular flexibility index (Phi) is 9.66. The molecule has 0 saturated carbocycles. The SMILES string of the molecule is CCC(C)C(NC(=O)c1ccccc1)C(=O)N1CCCC(CNC)C1.Cl. The number of nitrogens with zero attached hydrogens (tertiary/aromatic N) is 1. The molecule has 1 saturated heterocycles. The zero-order chi connectivity index (χ0) is 18.2. The Balaban J connectivity index is 0.00000338. The Hall–Kier alpha value is -1.59. The van der Waals surface area contributed by atoms with E-state index in [-0.39, 0.29) is 30.1 Å². The van der Waals surface area contributed by atoms with Gasteiger partial charge in [-0.1, -0.05) is 38.5 Å². The average Bonchev–Trinajstić information content (AvgIpc) is 2.66. The summed E-state index contributed by atoms with van der Waals surface area (Å²) < 4.78 is 0. The van der Waals surface area contributed by atoms with Gasteiger partial charge in [0, 0.05) is 18.7 Å². The Morgan fingerprint density at radius 1 is 1.27 bits per heavy atom. The maximum atomic E-state index is 13.1. The quantitative estimate of drug-likeness (QED) is 0.763. The van der Waals surface area contributed by atoms with Crippen molar-refractivity contribution in [2.45, 2.75) is 39.2 Å². The van der Waals surface area contributed by atoms with Crippen LogP contribution in [-0.2, 0) is 4.79 Å². The Labute approximate surface area is 163 Å². The molecule has 5 nitrogen and oxygen atoms in total. The summed E-state index contributed by atoms with van der Waals surface area (Å²) in [6.45, 7) is 6.57. The van der Waals surface area contributed by atoms with Crippen molar-refractivity contribution in [1.29, 1.82) is 0 Å². The van der Waals surface area contributed by atoms with Gasteiger partial charge in [-0.3, -0.25) is 9.59 Å². The second kappa shape index (κ2) is 11.2. The fourth-order valence-electron chi connectivity index (χ4n) is 3.41. The molecule has 1 aliphatic heterocycles. The Bertz CT molecular complexity index is 565. The number of nitrogens with one attached hydrogen (secondary N) is 2. The first kappa shape index (κ1) is 22.5. The lowest BCUT2D eigenvalue weighted by atomic mass is 9.93. The zero-order valence-electron chi connectivity index (χ0n) is 16.0. The van der Waals surface area contributed by atoms with Crippen LogP contribution >= 0.6 is 12.4 Å². The van der Waals surface area contributed by atoms with E-state index in [4.69, 9.17) is 0 Å². The number of likely N-dealkylation sites (tertiary alicyclic amines) is 1. The van der Waals surface area contributed by atoms with Gasteiger partial charge in [-0.25, -0.2) is 0 Å². The highest BCUT2D eigenvalue weighted by Gasteiger charge is 2.32. The molecule has 2 N–H and O–H groups in total. The number of carbonyl (C=O) groups excluding carboxylic acids is 2. The number of benzene rings is 1. The van der Waals surface area contributed by atoms with E-state index >= 15 is 0 Å². The first-order valence-corrected chi connectivity index (χ1v) is 9.36. The highest BCUT2D eigenvalue weighted by atomic mass is 35.5. The molecule has 1 fully saturated rings. The van der Waals surface area contributed by atoms with Crippen LogP contribution in [0.2, 0.25) is 0 Å². The average molecular weight is 382 g/mol. The minimum Gasteiger partial charge on any atom is -0.341 e. The fourth-order valence-corrected chi connectivity index (χ4v) is 3.41. The highest BCUT2D eigenvalue weighted by molar-refractivity contribution is 5.97. The molecule has 2 amide bonds. The molecule has 146 valence electrons. The summed E-state index contributed by atoms with van der Waals surface area (Å²) in [5.74, 6) is 0.470. The van der Waals surface area contributed by atoms with Crippen LogP contribution < -0.4 is 10.6 Å². The van der Waals surface area contributed by atoms with Crippen LogP contribution in [-0.4, -0.2) is 49.4 Å². The van der Waals surface area contributed by atoms with Gasteiger partial charge >= 0.3 is 0 Å². The van der Waals surface area contributed by atoms with Crippen molar-refractivity contribution in [2.75, 3.05) is 26.7 Å². The second-order valence-electron chi connectivity index (χ2n) is 7.05. The maximum Gasteiger partial charge on any atom is 0.251 e. The van der Waals surface area contributed by atoms with Gasteiger partial charge in [0.1, 0.15) is 6.04 Å². The van der Waals surface area contributed by atoms with Crippen LogP contribution in [0.1, 0.15) is 43.5 Å². The van der Waals surface area contributed by atoms with Gasteiger partial charge in [0.2, 0.25) is 5.91 Å². The molecule has 1 aromatic rings. The molecule has 3 atom stereocenters. The Morgan fingerprint density at radius 3 is 2.58 bits per heavy atom. The van der Waals surface area contributed by atoms with E-state index in [0.29, 0.717) is 11.5 Å². The summed E-state index contributed by atoms with van der Waals surface area (Å²) in [6, 6.07) is 8.63. The predicted molar refractivity (Wildman–Crippen MR) is 108 cm³/mol. The van der Waals surface area contributed by atoms with Gasteiger partial charge in [-0.05, 0) is 50.4 Å². The van der Waals surface area contributed by atoms with Crippen molar-refractivity contribution >= 4 is 24.2 Å². The van der Waals surface area contributed by atoms with E-state index in [1.165, 1.54) is 0 Å². The lowest BCUT2D eigenvalue weighted by Gasteiger charge is -2.36. The molecule has 6 heteroatoms. The lowest BCUT2D eigenvalue weighted by molar-refractivity contribution is -0.136. The minimum absolute atomic E-state index is 0. The van der Waals surface area contributed by atoms with E-state index in [2.05, 4.69) is 17.6 Å². The topological polar surface area (TPSA) is 61.4 Å². The van der Waals surface area contributed by atoms with E-state index in [1.807, 2.05) is 37.1 Å². The molecule has 0 radical (unpaired) electrons. The number of amides is 2. The smallest absolute Gasteiger partial charge is 0.251 e. The normalized spacial score (nSPS) is 19.2. The Morgan fingerprint density at radius 2 is 1.96 bits per heavy atom. The summed E-state index contributed by atoms with van der Waals surface area (Å²) >= 11 is 0. The minimum atomic E-state index is -0.467. The monoisotopic (exact) mass is 381 g/mol. The molecular weight excluding hydrogens is 350 g/mol. The van der Waals surface area contributed by atoms with Crippen LogP contribution in [0.25, 0.3) is 0 Å². The summed E-state index contributed by atoms with van der Waals surface area (Å²) in [4.78, 5) is 27.6. The highest BCUT2D eigenvalue weighted by Crippen LogP contribution is 2.19. The third kappa shape index (κ3) is 5.99. The van der Waals surface area contributed by atoms with E-state index < -0.39 is 6.04 Å². The number of hydrogen-bond donors (Lipinski definition) is 2. The molecule has 0 bridgehead atoms. The molecule has 2 rings (SSSR count). The van der Waals surface area contributed by atoms with Gasteiger partial charge in [0.05, 0.1) is 0 Å². The molecular formula is C20H32ClN3O2. The summed E-state index contributed by atoms with van der Waals surface area (Å²) in [5.41, 5.74) is 0.593. The van der Waals surface area contributed by atoms with Crippen LogP contribution in [0, 0.1) is 11.8 Å². The first-order valence-electron chi connectivity index (χ1n) is 9.36. The van der Waals surface area contributed by atoms with E-state index in [1.54, 1.807) is 12.1 Å².